The number of aliphatic imine (C=N–C) groups is 1. The average Bonchev–Trinajstić information content (AvgIpc) is 3.20. The van der Waals surface area contributed by atoms with Gasteiger partial charge in [0.2, 0.25) is 0 Å². The van der Waals surface area contributed by atoms with Gasteiger partial charge in [0, 0.05) is 32.7 Å². The number of piperazine rings is 1. The third-order valence-electron chi connectivity index (χ3n) is 4.19. The number of amides is 1. The highest BCUT2D eigenvalue weighted by Gasteiger charge is 2.25. The predicted molar refractivity (Wildman–Crippen MR) is 97.4 cm³/mol. The summed E-state index contributed by atoms with van der Waals surface area (Å²) in [5, 5.41) is 3.35. The minimum Gasteiger partial charge on any atom is -0.459 e. The highest BCUT2D eigenvalue weighted by Crippen LogP contribution is 2.10. The summed E-state index contributed by atoms with van der Waals surface area (Å²) in [4.78, 5) is 21.1. The van der Waals surface area contributed by atoms with E-state index in [9.17, 15) is 4.79 Å². The van der Waals surface area contributed by atoms with Crippen LogP contribution in [0.25, 0.3) is 0 Å². The molecule has 1 aliphatic heterocycles. The van der Waals surface area contributed by atoms with Gasteiger partial charge in [0.15, 0.2) is 11.7 Å². The van der Waals surface area contributed by atoms with E-state index < -0.39 is 0 Å². The topological polar surface area (TPSA) is 61.1 Å². The van der Waals surface area contributed by atoms with Crippen LogP contribution in [0, 0.1) is 0 Å². The smallest absolute Gasteiger partial charge is 0.289 e. The van der Waals surface area contributed by atoms with Crippen LogP contribution in [0.5, 0.6) is 0 Å². The molecule has 1 aromatic carbocycles. The standard InChI is InChI=1S/C19H24N4O2/c1-2-20-19(21-15-16-7-4-3-5-8-16)23-12-10-22(11-13-23)18(24)17-9-6-14-25-17/h3-9,14H,2,10-13,15H2,1H3,(H,20,21). The Kier molecular flexibility index (Phi) is 5.72. The Bertz CT molecular complexity index is 689. The van der Waals surface area contributed by atoms with Gasteiger partial charge < -0.3 is 19.5 Å². The molecule has 0 atom stereocenters. The van der Waals surface area contributed by atoms with Crippen molar-refractivity contribution in [3.05, 3.63) is 60.1 Å². The second-order valence-electron chi connectivity index (χ2n) is 5.91. The molecule has 0 saturated carbocycles. The minimum atomic E-state index is -0.0455. The average molecular weight is 340 g/mol. The molecule has 6 heteroatoms. The van der Waals surface area contributed by atoms with Crippen LogP contribution in [0.15, 0.2) is 58.1 Å². The summed E-state index contributed by atoms with van der Waals surface area (Å²) in [5.74, 6) is 1.26. The monoisotopic (exact) mass is 340 g/mol. The van der Waals surface area contributed by atoms with Gasteiger partial charge in [-0.1, -0.05) is 30.3 Å². The van der Waals surface area contributed by atoms with E-state index >= 15 is 0 Å². The quantitative estimate of drug-likeness (QED) is 0.685. The molecule has 2 heterocycles. The highest BCUT2D eigenvalue weighted by molar-refractivity contribution is 5.91. The molecule has 1 aromatic heterocycles. The molecule has 2 aromatic rings. The summed E-state index contributed by atoms with van der Waals surface area (Å²) in [7, 11) is 0. The molecule has 1 N–H and O–H groups in total. The van der Waals surface area contributed by atoms with Gasteiger partial charge in [0.25, 0.3) is 5.91 Å². The van der Waals surface area contributed by atoms with Crippen LogP contribution in [-0.4, -0.2) is 54.4 Å². The third kappa shape index (κ3) is 4.41. The Labute approximate surface area is 148 Å². The van der Waals surface area contributed by atoms with Crippen LogP contribution in [-0.2, 0) is 6.54 Å². The maximum atomic E-state index is 12.3. The largest absolute Gasteiger partial charge is 0.459 e. The Morgan fingerprint density at radius 1 is 1.08 bits per heavy atom. The summed E-state index contributed by atoms with van der Waals surface area (Å²) >= 11 is 0. The zero-order chi connectivity index (χ0) is 17.5. The SMILES string of the molecule is CCNC(=NCc1ccccc1)N1CCN(C(=O)c2ccco2)CC1. The molecule has 6 nitrogen and oxygen atoms in total. The van der Waals surface area contributed by atoms with Gasteiger partial charge in [-0.05, 0) is 24.6 Å². The van der Waals surface area contributed by atoms with Crippen LogP contribution >= 0.6 is 0 Å². The number of rotatable bonds is 4. The fraction of sp³-hybridized carbons (Fsp3) is 0.368. The van der Waals surface area contributed by atoms with Crippen LogP contribution in [0.1, 0.15) is 23.0 Å². The first-order chi connectivity index (χ1) is 12.3. The lowest BCUT2D eigenvalue weighted by Gasteiger charge is -2.36. The second kappa shape index (κ2) is 8.37. The van der Waals surface area contributed by atoms with E-state index in [0.717, 1.165) is 25.6 Å². The molecular formula is C19H24N4O2. The van der Waals surface area contributed by atoms with Gasteiger partial charge in [0.05, 0.1) is 12.8 Å². The van der Waals surface area contributed by atoms with Gasteiger partial charge in [-0.2, -0.15) is 0 Å². The lowest BCUT2D eigenvalue weighted by molar-refractivity contribution is 0.0657. The molecule has 25 heavy (non-hydrogen) atoms. The Morgan fingerprint density at radius 2 is 1.80 bits per heavy atom. The fourth-order valence-electron chi connectivity index (χ4n) is 2.85. The van der Waals surface area contributed by atoms with Crippen LogP contribution in [0.4, 0.5) is 0 Å². The molecule has 0 bridgehead atoms. The van der Waals surface area contributed by atoms with Crippen molar-refractivity contribution in [1.29, 1.82) is 0 Å². The van der Waals surface area contributed by atoms with E-state index in [1.54, 1.807) is 12.1 Å². The number of carbonyl (C=O) groups excluding carboxylic acids is 1. The van der Waals surface area contributed by atoms with Crippen molar-refractivity contribution in [3.8, 4) is 0 Å². The van der Waals surface area contributed by atoms with Gasteiger partial charge in [0.1, 0.15) is 0 Å². The zero-order valence-electron chi connectivity index (χ0n) is 14.5. The van der Waals surface area contributed by atoms with Crippen molar-refractivity contribution in [2.75, 3.05) is 32.7 Å². The minimum absolute atomic E-state index is 0.0455. The van der Waals surface area contributed by atoms with E-state index in [-0.39, 0.29) is 5.91 Å². The molecule has 1 fully saturated rings. The number of hydrogen-bond donors (Lipinski definition) is 1. The Morgan fingerprint density at radius 3 is 2.44 bits per heavy atom. The van der Waals surface area contributed by atoms with Gasteiger partial charge in [-0.15, -0.1) is 0 Å². The van der Waals surface area contributed by atoms with Crippen molar-refractivity contribution in [2.45, 2.75) is 13.5 Å². The lowest BCUT2D eigenvalue weighted by atomic mass is 10.2. The summed E-state index contributed by atoms with van der Waals surface area (Å²) in [5.41, 5.74) is 1.18. The highest BCUT2D eigenvalue weighted by atomic mass is 16.3. The molecular weight excluding hydrogens is 316 g/mol. The number of carbonyl (C=O) groups is 1. The summed E-state index contributed by atoms with van der Waals surface area (Å²) in [6.07, 6.45) is 1.53. The summed E-state index contributed by atoms with van der Waals surface area (Å²) < 4.78 is 5.21. The third-order valence-corrected chi connectivity index (χ3v) is 4.19. The number of nitrogens with zero attached hydrogens (tertiary/aromatic N) is 3. The van der Waals surface area contributed by atoms with Crippen molar-refractivity contribution < 1.29 is 9.21 Å². The van der Waals surface area contributed by atoms with E-state index in [2.05, 4.69) is 29.3 Å². The first kappa shape index (κ1) is 17.1. The maximum absolute atomic E-state index is 12.3. The van der Waals surface area contributed by atoms with E-state index in [0.29, 0.717) is 25.4 Å². The molecule has 0 radical (unpaired) electrons. The molecule has 0 spiro atoms. The van der Waals surface area contributed by atoms with Crippen molar-refractivity contribution in [1.82, 2.24) is 15.1 Å². The van der Waals surface area contributed by atoms with Crippen LogP contribution < -0.4 is 5.32 Å². The van der Waals surface area contributed by atoms with E-state index in [1.165, 1.54) is 11.8 Å². The van der Waals surface area contributed by atoms with Crippen molar-refractivity contribution >= 4 is 11.9 Å². The normalized spacial score (nSPS) is 15.3. The predicted octanol–water partition coefficient (Wildman–Crippen LogP) is 2.20. The zero-order valence-corrected chi connectivity index (χ0v) is 14.5. The number of hydrogen-bond acceptors (Lipinski definition) is 3. The van der Waals surface area contributed by atoms with Gasteiger partial charge in [-0.25, -0.2) is 4.99 Å². The fourth-order valence-corrected chi connectivity index (χ4v) is 2.85. The molecule has 1 saturated heterocycles. The first-order valence-corrected chi connectivity index (χ1v) is 8.68. The van der Waals surface area contributed by atoms with Gasteiger partial charge >= 0.3 is 0 Å². The molecule has 1 aliphatic rings. The maximum Gasteiger partial charge on any atom is 0.289 e. The van der Waals surface area contributed by atoms with Crippen LogP contribution in [0.3, 0.4) is 0 Å². The van der Waals surface area contributed by atoms with E-state index in [1.807, 2.05) is 23.1 Å². The molecule has 132 valence electrons. The second-order valence-corrected chi connectivity index (χ2v) is 5.91. The first-order valence-electron chi connectivity index (χ1n) is 8.68. The molecule has 1 amide bonds. The lowest BCUT2D eigenvalue weighted by Crippen LogP contribution is -2.53. The van der Waals surface area contributed by atoms with Crippen molar-refractivity contribution in [2.24, 2.45) is 4.99 Å². The van der Waals surface area contributed by atoms with Crippen LogP contribution in [0.2, 0.25) is 0 Å². The summed E-state index contributed by atoms with van der Waals surface area (Å²) in [6, 6.07) is 13.7. The number of benzene rings is 1. The number of guanidine groups is 1. The summed E-state index contributed by atoms with van der Waals surface area (Å²) in [6.45, 7) is 6.37. The Hall–Kier alpha value is -2.76. The number of nitrogens with one attached hydrogen (secondary N) is 1. The van der Waals surface area contributed by atoms with E-state index in [4.69, 9.17) is 9.41 Å². The van der Waals surface area contributed by atoms with Gasteiger partial charge in [-0.3, -0.25) is 4.79 Å². The molecule has 0 aliphatic carbocycles. The molecule has 3 rings (SSSR count). The van der Waals surface area contributed by atoms with Crippen molar-refractivity contribution in [3.63, 3.8) is 0 Å². The Balaban J connectivity index is 1.59. The number of furan rings is 1. The molecule has 0 unspecified atom stereocenters.